The van der Waals surface area contributed by atoms with Crippen molar-refractivity contribution >= 4 is 23.2 Å². The zero-order valence-corrected chi connectivity index (χ0v) is 15.6. The molecule has 0 aliphatic carbocycles. The van der Waals surface area contributed by atoms with Crippen LogP contribution in [0.3, 0.4) is 0 Å². The van der Waals surface area contributed by atoms with Gasteiger partial charge in [0.25, 0.3) is 11.8 Å². The third-order valence-electron chi connectivity index (χ3n) is 4.01. The van der Waals surface area contributed by atoms with Crippen LogP contribution in [0.25, 0.3) is 0 Å². The number of carbonyl (C=O) groups excluding carboxylic acids is 2. The minimum atomic E-state index is -0.266. The second-order valence-electron chi connectivity index (χ2n) is 6.20. The average Bonchev–Trinajstić information content (AvgIpc) is 2.73. The Hall–Kier alpha value is -3.60. The molecule has 3 aromatic rings. The van der Waals surface area contributed by atoms with Gasteiger partial charge in [-0.3, -0.25) is 9.59 Å². The van der Waals surface area contributed by atoms with Gasteiger partial charge in [0.15, 0.2) is 0 Å². The van der Waals surface area contributed by atoms with Crippen LogP contribution in [-0.4, -0.2) is 18.4 Å². The van der Waals surface area contributed by atoms with Gasteiger partial charge in [-0.1, -0.05) is 43.3 Å². The summed E-state index contributed by atoms with van der Waals surface area (Å²) in [5.41, 5.74) is 2.22. The van der Waals surface area contributed by atoms with Gasteiger partial charge in [-0.15, -0.1) is 0 Å². The first-order valence-electron chi connectivity index (χ1n) is 9.17. The summed E-state index contributed by atoms with van der Waals surface area (Å²) in [6, 6.07) is 23.1. The maximum Gasteiger partial charge on any atom is 0.259 e. The van der Waals surface area contributed by atoms with Gasteiger partial charge in [-0.25, -0.2) is 0 Å². The molecule has 0 atom stereocenters. The lowest BCUT2D eigenvalue weighted by Crippen LogP contribution is -2.15. The third kappa shape index (κ3) is 4.98. The normalized spacial score (nSPS) is 10.2. The van der Waals surface area contributed by atoms with Crippen LogP contribution in [0, 0.1) is 0 Å². The first-order chi connectivity index (χ1) is 13.7. The Morgan fingerprint density at radius 1 is 0.786 bits per heavy atom. The topological polar surface area (TPSA) is 67.4 Å². The van der Waals surface area contributed by atoms with Crippen molar-refractivity contribution in [2.45, 2.75) is 13.3 Å². The number of benzene rings is 3. The zero-order chi connectivity index (χ0) is 19.8. The van der Waals surface area contributed by atoms with Crippen LogP contribution in [0.1, 0.15) is 34.1 Å². The highest BCUT2D eigenvalue weighted by Gasteiger charge is 2.13. The molecule has 0 heterocycles. The number of para-hydroxylation sites is 1. The van der Waals surface area contributed by atoms with E-state index in [2.05, 4.69) is 10.6 Å². The van der Waals surface area contributed by atoms with Crippen molar-refractivity contribution in [1.82, 2.24) is 0 Å². The van der Waals surface area contributed by atoms with Gasteiger partial charge in [0.2, 0.25) is 0 Å². The van der Waals surface area contributed by atoms with Gasteiger partial charge in [0.05, 0.1) is 12.2 Å². The smallest absolute Gasteiger partial charge is 0.259 e. The van der Waals surface area contributed by atoms with Crippen molar-refractivity contribution < 1.29 is 14.3 Å². The summed E-state index contributed by atoms with van der Waals surface area (Å²) in [4.78, 5) is 25.0. The van der Waals surface area contributed by atoms with E-state index in [0.29, 0.717) is 34.9 Å². The molecule has 0 saturated heterocycles. The molecular weight excluding hydrogens is 352 g/mol. The van der Waals surface area contributed by atoms with E-state index in [4.69, 9.17) is 4.74 Å². The van der Waals surface area contributed by atoms with E-state index < -0.39 is 0 Å². The van der Waals surface area contributed by atoms with Crippen LogP contribution in [0.5, 0.6) is 5.75 Å². The SMILES string of the molecule is CCCOc1ccccc1C(=O)Nc1cccc(NC(=O)c2ccccc2)c1. The Morgan fingerprint density at radius 3 is 2.14 bits per heavy atom. The first-order valence-corrected chi connectivity index (χ1v) is 9.17. The molecule has 5 nitrogen and oxygen atoms in total. The number of ether oxygens (including phenoxy) is 1. The summed E-state index contributed by atoms with van der Waals surface area (Å²) in [7, 11) is 0. The Morgan fingerprint density at radius 2 is 1.43 bits per heavy atom. The van der Waals surface area contributed by atoms with Gasteiger partial charge in [0, 0.05) is 16.9 Å². The number of anilines is 2. The van der Waals surface area contributed by atoms with Crippen LogP contribution in [-0.2, 0) is 0 Å². The highest BCUT2D eigenvalue weighted by Crippen LogP contribution is 2.21. The lowest BCUT2D eigenvalue weighted by Gasteiger charge is -2.12. The second-order valence-corrected chi connectivity index (χ2v) is 6.20. The summed E-state index contributed by atoms with van der Waals surface area (Å²) in [6.45, 7) is 2.56. The molecule has 142 valence electrons. The number of amides is 2. The largest absolute Gasteiger partial charge is 0.493 e. The van der Waals surface area contributed by atoms with Crippen LogP contribution < -0.4 is 15.4 Å². The van der Waals surface area contributed by atoms with Gasteiger partial charge in [-0.05, 0) is 48.9 Å². The van der Waals surface area contributed by atoms with Crippen molar-refractivity contribution in [3.8, 4) is 5.75 Å². The molecule has 28 heavy (non-hydrogen) atoms. The molecule has 0 radical (unpaired) electrons. The van der Waals surface area contributed by atoms with Crippen molar-refractivity contribution in [1.29, 1.82) is 0 Å². The molecule has 2 amide bonds. The predicted octanol–water partition coefficient (Wildman–Crippen LogP) is 4.98. The van der Waals surface area contributed by atoms with Crippen LogP contribution in [0.2, 0.25) is 0 Å². The Kier molecular flexibility index (Phi) is 6.41. The van der Waals surface area contributed by atoms with E-state index in [1.165, 1.54) is 0 Å². The second kappa shape index (κ2) is 9.37. The summed E-state index contributed by atoms with van der Waals surface area (Å²) >= 11 is 0. The van der Waals surface area contributed by atoms with Crippen LogP contribution >= 0.6 is 0 Å². The van der Waals surface area contributed by atoms with Gasteiger partial charge >= 0.3 is 0 Å². The van der Waals surface area contributed by atoms with E-state index in [9.17, 15) is 9.59 Å². The fourth-order valence-electron chi connectivity index (χ4n) is 2.66. The quantitative estimate of drug-likeness (QED) is 0.613. The molecule has 2 N–H and O–H groups in total. The molecule has 3 aromatic carbocycles. The third-order valence-corrected chi connectivity index (χ3v) is 4.01. The minimum Gasteiger partial charge on any atom is -0.493 e. The van der Waals surface area contributed by atoms with Crippen molar-refractivity contribution in [2.75, 3.05) is 17.2 Å². The van der Waals surface area contributed by atoms with Gasteiger partial charge < -0.3 is 15.4 Å². The first kappa shape index (κ1) is 19.2. The van der Waals surface area contributed by atoms with Gasteiger partial charge in [-0.2, -0.15) is 0 Å². The average molecular weight is 374 g/mol. The van der Waals surface area contributed by atoms with E-state index in [1.807, 2.05) is 31.2 Å². The molecule has 5 heteroatoms. The summed E-state index contributed by atoms with van der Waals surface area (Å²) in [5.74, 6) is 0.0796. The molecule has 0 aliphatic rings. The predicted molar refractivity (Wildman–Crippen MR) is 111 cm³/mol. The number of rotatable bonds is 7. The number of nitrogens with one attached hydrogen (secondary N) is 2. The molecule has 0 fully saturated rings. The Labute approximate surface area is 164 Å². The zero-order valence-electron chi connectivity index (χ0n) is 15.6. The molecule has 3 rings (SSSR count). The fraction of sp³-hybridized carbons (Fsp3) is 0.130. The fourth-order valence-corrected chi connectivity index (χ4v) is 2.66. The molecule has 0 aliphatic heterocycles. The standard InChI is InChI=1S/C23H22N2O3/c1-2-15-28-21-14-7-6-13-20(21)23(27)25-19-12-8-11-18(16-19)24-22(26)17-9-4-3-5-10-17/h3-14,16H,2,15H2,1H3,(H,24,26)(H,25,27). The van der Waals surface area contributed by atoms with E-state index in [-0.39, 0.29) is 11.8 Å². The molecular formula is C23H22N2O3. The van der Waals surface area contributed by atoms with Crippen molar-refractivity contribution in [3.05, 3.63) is 90.0 Å². The monoisotopic (exact) mass is 374 g/mol. The summed E-state index contributed by atoms with van der Waals surface area (Å²) in [5, 5.41) is 5.69. The molecule has 0 unspecified atom stereocenters. The van der Waals surface area contributed by atoms with E-state index in [0.717, 1.165) is 6.42 Å². The maximum absolute atomic E-state index is 12.7. The van der Waals surface area contributed by atoms with Crippen molar-refractivity contribution in [3.63, 3.8) is 0 Å². The highest BCUT2D eigenvalue weighted by atomic mass is 16.5. The van der Waals surface area contributed by atoms with Crippen molar-refractivity contribution in [2.24, 2.45) is 0 Å². The molecule has 0 bridgehead atoms. The number of carbonyl (C=O) groups is 2. The van der Waals surface area contributed by atoms with E-state index in [1.54, 1.807) is 54.6 Å². The number of hydrogen-bond donors (Lipinski definition) is 2. The highest BCUT2D eigenvalue weighted by molar-refractivity contribution is 6.07. The Balaban J connectivity index is 1.71. The lowest BCUT2D eigenvalue weighted by atomic mass is 10.1. The number of hydrogen-bond acceptors (Lipinski definition) is 3. The minimum absolute atomic E-state index is 0.206. The van der Waals surface area contributed by atoms with Crippen LogP contribution in [0.4, 0.5) is 11.4 Å². The Bertz CT molecular complexity index is 955. The maximum atomic E-state index is 12.7. The molecule has 0 spiro atoms. The van der Waals surface area contributed by atoms with E-state index >= 15 is 0 Å². The lowest BCUT2D eigenvalue weighted by molar-refractivity contribution is 0.101. The molecule has 0 aromatic heterocycles. The summed E-state index contributed by atoms with van der Waals surface area (Å²) < 4.78 is 5.65. The summed E-state index contributed by atoms with van der Waals surface area (Å²) in [6.07, 6.45) is 0.860. The van der Waals surface area contributed by atoms with Crippen LogP contribution in [0.15, 0.2) is 78.9 Å². The molecule has 0 saturated carbocycles. The van der Waals surface area contributed by atoms with Gasteiger partial charge in [0.1, 0.15) is 5.75 Å².